The maximum Gasteiger partial charge on any atom is 0.251 e. The summed E-state index contributed by atoms with van der Waals surface area (Å²) in [4.78, 5) is 5.49. The number of nitrogens with one attached hydrogen (secondary N) is 1. The lowest BCUT2D eigenvalue weighted by atomic mass is 10.2. The summed E-state index contributed by atoms with van der Waals surface area (Å²) >= 11 is 0. The number of benzene rings is 1. The van der Waals surface area contributed by atoms with Crippen molar-refractivity contribution in [3.05, 3.63) is 47.9 Å². The summed E-state index contributed by atoms with van der Waals surface area (Å²) in [5.74, 6) is -3.89. The zero-order valence-electron chi connectivity index (χ0n) is 11.2. The van der Waals surface area contributed by atoms with Crippen LogP contribution >= 0.6 is 0 Å². The van der Waals surface area contributed by atoms with E-state index in [-0.39, 0.29) is 5.82 Å². The highest BCUT2D eigenvalue weighted by molar-refractivity contribution is 5.61. The molecule has 0 saturated carbocycles. The molecule has 6 heteroatoms. The number of rotatable bonds is 3. The van der Waals surface area contributed by atoms with Gasteiger partial charge in [0.05, 0.1) is 0 Å². The third-order valence-corrected chi connectivity index (χ3v) is 3.49. The Balaban J connectivity index is 1.77. The summed E-state index contributed by atoms with van der Waals surface area (Å²) in [5, 5.41) is 2.65. The Hall–Kier alpha value is -2.24. The number of pyridine rings is 1. The smallest absolute Gasteiger partial charge is 0.251 e. The van der Waals surface area contributed by atoms with E-state index in [1.165, 1.54) is 12.8 Å². The molecule has 0 radical (unpaired) electrons. The minimum atomic E-state index is -1.33. The normalized spacial score (nSPS) is 14.5. The van der Waals surface area contributed by atoms with Gasteiger partial charge in [0.25, 0.3) is 5.95 Å². The van der Waals surface area contributed by atoms with Gasteiger partial charge >= 0.3 is 0 Å². The maximum atomic E-state index is 13.5. The van der Waals surface area contributed by atoms with E-state index in [0.717, 1.165) is 18.8 Å². The third kappa shape index (κ3) is 2.94. The molecule has 1 aliphatic rings. The molecule has 0 atom stereocenters. The summed E-state index contributed by atoms with van der Waals surface area (Å²) in [6.45, 7) is 2.07. The van der Waals surface area contributed by atoms with Crippen LogP contribution < -0.4 is 10.2 Å². The van der Waals surface area contributed by atoms with Crippen molar-refractivity contribution in [1.82, 2.24) is 4.98 Å². The van der Waals surface area contributed by atoms with Crippen LogP contribution in [0.4, 0.5) is 30.4 Å². The van der Waals surface area contributed by atoms with Crippen LogP contribution in [0.25, 0.3) is 0 Å². The molecule has 0 amide bonds. The second kappa shape index (κ2) is 5.63. The molecule has 0 bridgehead atoms. The fraction of sp³-hybridized carbons (Fsp3) is 0.267. The fourth-order valence-electron chi connectivity index (χ4n) is 2.40. The van der Waals surface area contributed by atoms with Crippen molar-refractivity contribution >= 4 is 17.2 Å². The van der Waals surface area contributed by atoms with Gasteiger partial charge in [0.2, 0.25) is 0 Å². The lowest BCUT2D eigenvalue weighted by Gasteiger charge is -2.18. The van der Waals surface area contributed by atoms with Crippen LogP contribution in [-0.4, -0.2) is 18.1 Å². The van der Waals surface area contributed by atoms with E-state index in [1.54, 1.807) is 12.1 Å². The Morgan fingerprint density at radius 3 is 2.29 bits per heavy atom. The Morgan fingerprint density at radius 2 is 1.62 bits per heavy atom. The van der Waals surface area contributed by atoms with Gasteiger partial charge in [0.15, 0.2) is 17.5 Å². The van der Waals surface area contributed by atoms with E-state index in [0.29, 0.717) is 11.8 Å². The largest absolute Gasteiger partial charge is 0.372 e. The Bertz CT molecular complexity index is 637. The summed E-state index contributed by atoms with van der Waals surface area (Å²) < 4.78 is 39.3. The van der Waals surface area contributed by atoms with Crippen molar-refractivity contribution in [1.29, 1.82) is 0 Å². The highest BCUT2D eigenvalue weighted by atomic mass is 19.2. The molecule has 0 spiro atoms. The summed E-state index contributed by atoms with van der Waals surface area (Å²) in [6, 6.07) is 7.81. The second-order valence-corrected chi connectivity index (χ2v) is 4.96. The Morgan fingerprint density at radius 1 is 0.952 bits per heavy atom. The van der Waals surface area contributed by atoms with E-state index in [2.05, 4.69) is 15.2 Å². The van der Waals surface area contributed by atoms with Gasteiger partial charge in [0.1, 0.15) is 0 Å². The van der Waals surface area contributed by atoms with E-state index in [4.69, 9.17) is 0 Å². The zero-order chi connectivity index (χ0) is 14.8. The van der Waals surface area contributed by atoms with Crippen LogP contribution in [0.5, 0.6) is 0 Å². The van der Waals surface area contributed by atoms with Crippen LogP contribution in [0.2, 0.25) is 0 Å². The predicted molar refractivity (Wildman–Crippen MR) is 75.3 cm³/mol. The minimum Gasteiger partial charge on any atom is -0.372 e. The number of aromatic nitrogens is 1. The molecule has 1 N–H and O–H groups in total. The SMILES string of the molecule is Fc1cc(F)c(Nc2ccc(N3CCCC3)cc2)nc1F. The third-order valence-electron chi connectivity index (χ3n) is 3.49. The van der Waals surface area contributed by atoms with Crippen LogP contribution in [0.1, 0.15) is 12.8 Å². The topological polar surface area (TPSA) is 28.2 Å². The van der Waals surface area contributed by atoms with E-state index in [9.17, 15) is 13.2 Å². The Kier molecular flexibility index (Phi) is 3.68. The van der Waals surface area contributed by atoms with E-state index >= 15 is 0 Å². The van der Waals surface area contributed by atoms with Crippen molar-refractivity contribution in [2.24, 2.45) is 0 Å². The van der Waals surface area contributed by atoms with Crippen LogP contribution in [0, 0.1) is 17.6 Å². The summed E-state index contributed by atoms with van der Waals surface area (Å²) in [5.41, 5.74) is 1.66. The molecule has 110 valence electrons. The molecule has 2 heterocycles. The number of hydrogen-bond acceptors (Lipinski definition) is 3. The average Bonchev–Trinajstić information content (AvgIpc) is 3.00. The van der Waals surface area contributed by atoms with Crippen LogP contribution in [0.3, 0.4) is 0 Å². The van der Waals surface area contributed by atoms with Crippen molar-refractivity contribution in [2.45, 2.75) is 12.8 Å². The van der Waals surface area contributed by atoms with Gasteiger partial charge in [-0.3, -0.25) is 0 Å². The first-order valence-corrected chi connectivity index (χ1v) is 6.77. The van der Waals surface area contributed by atoms with Gasteiger partial charge in [-0.2, -0.15) is 9.37 Å². The quantitative estimate of drug-likeness (QED) is 0.871. The molecule has 1 aromatic carbocycles. The van der Waals surface area contributed by atoms with Crippen molar-refractivity contribution < 1.29 is 13.2 Å². The molecular formula is C15H14F3N3. The van der Waals surface area contributed by atoms with Gasteiger partial charge in [-0.05, 0) is 37.1 Å². The molecule has 1 aromatic heterocycles. The lowest BCUT2D eigenvalue weighted by Crippen LogP contribution is -2.17. The van der Waals surface area contributed by atoms with Gasteiger partial charge in [0, 0.05) is 30.5 Å². The number of hydrogen-bond donors (Lipinski definition) is 1. The van der Waals surface area contributed by atoms with Crippen molar-refractivity contribution in [2.75, 3.05) is 23.3 Å². The molecular weight excluding hydrogens is 279 g/mol. The molecule has 21 heavy (non-hydrogen) atoms. The van der Waals surface area contributed by atoms with Crippen molar-refractivity contribution in [3.8, 4) is 0 Å². The van der Waals surface area contributed by atoms with Crippen molar-refractivity contribution in [3.63, 3.8) is 0 Å². The molecule has 0 aliphatic carbocycles. The summed E-state index contributed by atoms with van der Waals surface area (Å²) in [6.07, 6.45) is 2.37. The molecule has 0 unspecified atom stereocenters. The van der Waals surface area contributed by atoms with Crippen LogP contribution in [-0.2, 0) is 0 Å². The molecule has 3 nitrogen and oxygen atoms in total. The van der Waals surface area contributed by atoms with E-state index in [1.807, 2.05) is 12.1 Å². The van der Waals surface area contributed by atoms with Gasteiger partial charge in [-0.15, -0.1) is 0 Å². The first-order chi connectivity index (χ1) is 10.1. The molecule has 3 rings (SSSR count). The molecule has 1 saturated heterocycles. The van der Waals surface area contributed by atoms with Gasteiger partial charge in [-0.25, -0.2) is 8.78 Å². The maximum absolute atomic E-state index is 13.5. The van der Waals surface area contributed by atoms with Gasteiger partial charge < -0.3 is 10.2 Å². The first kappa shape index (κ1) is 13.7. The standard InChI is InChI=1S/C15H14F3N3/c16-12-9-13(17)15(20-14(12)18)19-10-3-5-11(6-4-10)21-7-1-2-8-21/h3-6,9H,1-2,7-8H2,(H,19,20). The average molecular weight is 293 g/mol. The molecule has 1 fully saturated rings. The zero-order valence-corrected chi connectivity index (χ0v) is 11.2. The molecule has 2 aromatic rings. The fourth-order valence-corrected chi connectivity index (χ4v) is 2.40. The lowest BCUT2D eigenvalue weighted by molar-refractivity contribution is 0.467. The number of halogens is 3. The number of nitrogens with zero attached hydrogens (tertiary/aromatic N) is 2. The van der Waals surface area contributed by atoms with E-state index < -0.39 is 17.6 Å². The first-order valence-electron chi connectivity index (χ1n) is 6.77. The van der Waals surface area contributed by atoms with Gasteiger partial charge in [-0.1, -0.05) is 0 Å². The number of anilines is 3. The Labute approximate surface area is 120 Å². The monoisotopic (exact) mass is 293 g/mol. The molecule has 1 aliphatic heterocycles. The minimum absolute atomic E-state index is 0.331. The second-order valence-electron chi connectivity index (χ2n) is 4.96. The van der Waals surface area contributed by atoms with Crippen LogP contribution in [0.15, 0.2) is 30.3 Å². The predicted octanol–water partition coefficient (Wildman–Crippen LogP) is 3.84. The summed E-state index contributed by atoms with van der Waals surface area (Å²) in [7, 11) is 0. The highest BCUT2D eigenvalue weighted by Gasteiger charge is 2.13. The highest BCUT2D eigenvalue weighted by Crippen LogP contribution is 2.24.